The number of hydrogen-bond donors (Lipinski definition) is 2. The van der Waals surface area contributed by atoms with Crippen molar-refractivity contribution in [3.05, 3.63) is 35.4 Å². The summed E-state index contributed by atoms with van der Waals surface area (Å²) in [6.45, 7) is 2.84. The average Bonchev–Trinajstić information content (AvgIpc) is 2.64. The standard InChI is InChI=1S/C18H25F3N4O2/c1-13(17(26)23-12-18(19,20)21)27-24-16(22)15-7-5-6-14(10-15)11-25-8-3-2-4-9-25/h5-7,10,13H,2-4,8-9,11-12H2,1H3,(H2,22,24)(H,23,26). The maximum atomic E-state index is 12.1. The monoisotopic (exact) mass is 386 g/mol. The Morgan fingerprint density at radius 2 is 2.04 bits per heavy atom. The van der Waals surface area contributed by atoms with E-state index in [9.17, 15) is 18.0 Å². The molecule has 1 saturated heterocycles. The summed E-state index contributed by atoms with van der Waals surface area (Å²) in [7, 11) is 0. The number of nitrogens with one attached hydrogen (secondary N) is 1. The number of oxime groups is 1. The SMILES string of the molecule is CC(O/N=C(/N)c1cccc(CN2CCCCC2)c1)C(=O)NCC(F)(F)F. The molecule has 0 aliphatic carbocycles. The second-order valence-corrected chi connectivity index (χ2v) is 6.59. The lowest BCUT2D eigenvalue weighted by atomic mass is 10.1. The van der Waals surface area contributed by atoms with Crippen LogP contribution in [0.3, 0.4) is 0 Å². The third-order valence-corrected chi connectivity index (χ3v) is 4.22. The number of benzene rings is 1. The van der Waals surface area contributed by atoms with E-state index in [0.717, 1.165) is 25.2 Å². The Kier molecular flexibility index (Phi) is 7.46. The molecule has 1 atom stereocenters. The summed E-state index contributed by atoms with van der Waals surface area (Å²) in [6.07, 6.45) is -2.01. The molecule has 0 aromatic heterocycles. The fourth-order valence-electron chi connectivity index (χ4n) is 2.77. The highest BCUT2D eigenvalue weighted by Crippen LogP contribution is 2.14. The molecule has 2 rings (SSSR count). The summed E-state index contributed by atoms with van der Waals surface area (Å²) in [5.74, 6) is -0.853. The quantitative estimate of drug-likeness (QED) is 0.428. The number of alkyl halides is 3. The van der Waals surface area contributed by atoms with Crippen molar-refractivity contribution in [2.45, 2.75) is 45.0 Å². The molecule has 0 radical (unpaired) electrons. The molecule has 9 heteroatoms. The molecule has 6 nitrogen and oxygen atoms in total. The molecule has 3 N–H and O–H groups in total. The number of hydrogen-bond acceptors (Lipinski definition) is 4. The van der Waals surface area contributed by atoms with Crippen LogP contribution in [0, 0.1) is 0 Å². The van der Waals surface area contributed by atoms with Crippen LogP contribution < -0.4 is 11.1 Å². The summed E-state index contributed by atoms with van der Waals surface area (Å²) in [5.41, 5.74) is 7.61. The topological polar surface area (TPSA) is 80.0 Å². The molecule has 1 aliphatic heterocycles. The molecule has 1 aliphatic rings. The number of nitrogens with two attached hydrogens (primary N) is 1. The van der Waals surface area contributed by atoms with Gasteiger partial charge in [0.25, 0.3) is 5.91 Å². The predicted octanol–water partition coefficient (Wildman–Crippen LogP) is 2.38. The molecule has 0 saturated carbocycles. The number of halogens is 3. The highest BCUT2D eigenvalue weighted by molar-refractivity contribution is 5.97. The number of amidine groups is 1. The van der Waals surface area contributed by atoms with Gasteiger partial charge in [0.05, 0.1) is 0 Å². The van der Waals surface area contributed by atoms with Crippen LogP contribution in [-0.4, -0.2) is 48.6 Å². The van der Waals surface area contributed by atoms with Crippen molar-refractivity contribution in [1.82, 2.24) is 10.2 Å². The van der Waals surface area contributed by atoms with E-state index >= 15 is 0 Å². The lowest BCUT2D eigenvalue weighted by Gasteiger charge is -2.26. The van der Waals surface area contributed by atoms with Gasteiger partial charge in [0.2, 0.25) is 6.10 Å². The smallest absolute Gasteiger partial charge is 0.381 e. The van der Waals surface area contributed by atoms with Crippen molar-refractivity contribution in [3.8, 4) is 0 Å². The highest BCUT2D eigenvalue weighted by Gasteiger charge is 2.29. The molecule has 0 spiro atoms. The number of rotatable bonds is 7. The molecule has 27 heavy (non-hydrogen) atoms. The lowest BCUT2D eigenvalue weighted by Crippen LogP contribution is -2.39. The fourth-order valence-corrected chi connectivity index (χ4v) is 2.77. The maximum Gasteiger partial charge on any atom is 0.405 e. The van der Waals surface area contributed by atoms with Gasteiger partial charge in [-0.15, -0.1) is 0 Å². The van der Waals surface area contributed by atoms with Gasteiger partial charge in [0.1, 0.15) is 6.54 Å². The van der Waals surface area contributed by atoms with Gasteiger partial charge in [-0.2, -0.15) is 13.2 Å². The Morgan fingerprint density at radius 1 is 1.33 bits per heavy atom. The van der Waals surface area contributed by atoms with Crippen LogP contribution >= 0.6 is 0 Å². The third kappa shape index (κ3) is 7.46. The van der Waals surface area contributed by atoms with Crippen LogP contribution in [0.2, 0.25) is 0 Å². The number of piperidine rings is 1. The summed E-state index contributed by atoms with van der Waals surface area (Å²) in [6, 6.07) is 7.51. The Hall–Kier alpha value is -2.29. The van der Waals surface area contributed by atoms with Gasteiger partial charge in [-0.3, -0.25) is 9.69 Å². The Bertz CT molecular complexity index is 658. The van der Waals surface area contributed by atoms with Crippen molar-refractivity contribution in [1.29, 1.82) is 0 Å². The molecule has 150 valence electrons. The number of amides is 1. The van der Waals surface area contributed by atoms with Crippen molar-refractivity contribution in [2.24, 2.45) is 10.9 Å². The minimum Gasteiger partial charge on any atom is -0.381 e. The first kappa shape index (κ1) is 21.0. The van der Waals surface area contributed by atoms with E-state index < -0.39 is 24.7 Å². The zero-order valence-electron chi connectivity index (χ0n) is 15.3. The van der Waals surface area contributed by atoms with Gasteiger partial charge < -0.3 is 15.9 Å². The second kappa shape index (κ2) is 9.59. The van der Waals surface area contributed by atoms with Crippen LogP contribution in [0.4, 0.5) is 13.2 Å². The minimum absolute atomic E-state index is 0.0611. The molecule has 1 unspecified atom stereocenters. The molecule has 1 heterocycles. The van der Waals surface area contributed by atoms with E-state index in [1.165, 1.54) is 26.2 Å². The molecular weight excluding hydrogens is 361 g/mol. The average molecular weight is 386 g/mol. The first-order valence-corrected chi connectivity index (χ1v) is 8.90. The normalized spacial score (nSPS) is 17.4. The van der Waals surface area contributed by atoms with Crippen molar-refractivity contribution >= 4 is 11.7 Å². The maximum absolute atomic E-state index is 12.1. The largest absolute Gasteiger partial charge is 0.405 e. The number of nitrogens with zero attached hydrogens (tertiary/aromatic N) is 2. The first-order valence-electron chi connectivity index (χ1n) is 8.90. The van der Waals surface area contributed by atoms with Crippen molar-refractivity contribution < 1.29 is 22.8 Å². The summed E-state index contributed by atoms with van der Waals surface area (Å²) < 4.78 is 36.3. The van der Waals surface area contributed by atoms with Gasteiger partial charge in [-0.1, -0.05) is 29.8 Å². The summed E-state index contributed by atoms with van der Waals surface area (Å²) >= 11 is 0. The van der Waals surface area contributed by atoms with Gasteiger partial charge in [0, 0.05) is 12.1 Å². The Balaban J connectivity index is 1.90. The number of carbonyl (C=O) groups is 1. The van der Waals surface area contributed by atoms with E-state index in [-0.39, 0.29) is 5.84 Å². The zero-order chi connectivity index (χ0) is 19.9. The number of carbonyl (C=O) groups excluding carboxylic acids is 1. The zero-order valence-corrected chi connectivity index (χ0v) is 15.3. The van der Waals surface area contributed by atoms with Crippen LogP contribution in [0.25, 0.3) is 0 Å². The van der Waals surface area contributed by atoms with Crippen molar-refractivity contribution in [3.63, 3.8) is 0 Å². The Labute approximate surface area is 156 Å². The van der Waals surface area contributed by atoms with E-state index in [4.69, 9.17) is 10.6 Å². The molecule has 1 aromatic carbocycles. The third-order valence-electron chi connectivity index (χ3n) is 4.22. The van der Waals surface area contributed by atoms with Gasteiger partial charge in [-0.25, -0.2) is 0 Å². The summed E-state index contributed by atoms with van der Waals surface area (Å²) in [5, 5.41) is 5.42. The van der Waals surface area contributed by atoms with Gasteiger partial charge in [-0.05, 0) is 44.5 Å². The van der Waals surface area contributed by atoms with E-state index in [1.807, 2.05) is 18.2 Å². The number of likely N-dealkylation sites (tertiary alicyclic amines) is 1. The van der Waals surface area contributed by atoms with Gasteiger partial charge >= 0.3 is 6.18 Å². The van der Waals surface area contributed by atoms with Gasteiger partial charge in [0.15, 0.2) is 5.84 Å². The van der Waals surface area contributed by atoms with E-state index in [0.29, 0.717) is 5.56 Å². The van der Waals surface area contributed by atoms with Crippen LogP contribution in [0.1, 0.15) is 37.3 Å². The molecular formula is C18H25F3N4O2. The first-order chi connectivity index (χ1) is 12.7. The minimum atomic E-state index is -4.48. The van der Waals surface area contributed by atoms with Crippen molar-refractivity contribution in [2.75, 3.05) is 19.6 Å². The highest BCUT2D eigenvalue weighted by atomic mass is 19.4. The molecule has 1 aromatic rings. The fraction of sp³-hybridized carbons (Fsp3) is 0.556. The molecule has 1 amide bonds. The van der Waals surface area contributed by atoms with Crippen LogP contribution in [0.15, 0.2) is 29.4 Å². The van der Waals surface area contributed by atoms with Crippen LogP contribution in [0.5, 0.6) is 0 Å². The predicted molar refractivity (Wildman–Crippen MR) is 95.9 cm³/mol. The van der Waals surface area contributed by atoms with E-state index in [1.54, 1.807) is 11.4 Å². The lowest BCUT2D eigenvalue weighted by molar-refractivity contribution is -0.145. The second-order valence-electron chi connectivity index (χ2n) is 6.59. The molecule has 1 fully saturated rings. The van der Waals surface area contributed by atoms with Crippen LogP contribution in [-0.2, 0) is 16.2 Å². The van der Waals surface area contributed by atoms with E-state index in [2.05, 4.69) is 10.1 Å². The molecule has 0 bridgehead atoms. The Morgan fingerprint density at radius 3 is 2.70 bits per heavy atom. The summed E-state index contributed by atoms with van der Waals surface area (Å²) in [4.78, 5) is 18.9.